The number of nitrogens with zero attached hydrogens (tertiary/aromatic N) is 2. The van der Waals surface area contributed by atoms with Gasteiger partial charge in [0.15, 0.2) is 0 Å². The molecule has 1 aromatic heterocycles. The monoisotopic (exact) mass is 351 g/mol. The molecule has 0 radical (unpaired) electrons. The zero-order valence-electron chi connectivity index (χ0n) is 13.4. The number of terminal acetylenes is 1. The van der Waals surface area contributed by atoms with Crippen LogP contribution in [0.4, 0.5) is 0 Å². The van der Waals surface area contributed by atoms with Gasteiger partial charge in [0.2, 0.25) is 11.8 Å². The molecule has 1 N–H and O–H groups in total. The minimum Gasteiger partial charge on any atom is -0.418 e. The van der Waals surface area contributed by atoms with Crippen molar-refractivity contribution in [2.75, 3.05) is 0 Å². The maximum atomic E-state index is 12.2. The summed E-state index contributed by atoms with van der Waals surface area (Å²) in [7, 11) is 0. The molecule has 25 heavy (non-hydrogen) atoms. The van der Waals surface area contributed by atoms with E-state index in [-0.39, 0.29) is 5.91 Å². The second-order valence-electron chi connectivity index (χ2n) is 5.37. The van der Waals surface area contributed by atoms with Crippen molar-refractivity contribution in [3.8, 4) is 23.8 Å². The molecular weight excluding hydrogens is 338 g/mol. The number of nitrogens with one attached hydrogen (secondary N) is 1. The molecular formula is C19H14ClN3O2. The Labute approximate surface area is 150 Å². The third-order valence-corrected chi connectivity index (χ3v) is 3.79. The van der Waals surface area contributed by atoms with Crippen molar-refractivity contribution in [3.63, 3.8) is 0 Å². The van der Waals surface area contributed by atoms with Gasteiger partial charge in [0, 0.05) is 21.7 Å². The lowest BCUT2D eigenvalue weighted by molar-refractivity contribution is 0.0934. The Morgan fingerprint density at radius 3 is 2.72 bits per heavy atom. The number of halogens is 1. The first-order chi connectivity index (χ1) is 12.1. The van der Waals surface area contributed by atoms with Gasteiger partial charge in [-0.05, 0) is 49.4 Å². The predicted octanol–water partition coefficient (Wildman–Crippen LogP) is 3.86. The Morgan fingerprint density at radius 1 is 1.24 bits per heavy atom. The fraction of sp³-hybridized carbons (Fsp3) is 0.105. The van der Waals surface area contributed by atoms with E-state index in [2.05, 4.69) is 21.4 Å². The van der Waals surface area contributed by atoms with E-state index in [1.165, 1.54) is 0 Å². The third-order valence-electron chi connectivity index (χ3n) is 3.54. The van der Waals surface area contributed by atoms with Gasteiger partial charge in [-0.1, -0.05) is 23.6 Å². The number of hydrogen-bond donors (Lipinski definition) is 1. The summed E-state index contributed by atoms with van der Waals surface area (Å²) < 4.78 is 5.66. The highest BCUT2D eigenvalue weighted by molar-refractivity contribution is 6.30. The largest absolute Gasteiger partial charge is 0.418 e. The summed E-state index contributed by atoms with van der Waals surface area (Å²) in [5, 5.41) is 11.4. The van der Waals surface area contributed by atoms with Crippen molar-refractivity contribution in [1.82, 2.24) is 15.5 Å². The average Bonchev–Trinajstić information content (AvgIpc) is 3.12. The smallest absolute Gasteiger partial charge is 0.251 e. The number of rotatable bonds is 4. The first kappa shape index (κ1) is 16.7. The fourth-order valence-corrected chi connectivity index (χ4v) is 2.34. The molecule has 2 aromatic carbocycles. The van der Waals surface area contributed by atoms with Crippen LogP contribution in [0.5, 0.6) is 0 Å². The van der Waals surface area contributed by atoms with Gasteiger partial charge >= 0.3 is 0 Å². The number of amides is 1. The number of carbonyl (C=O) groups is 1. The van der Waals surface area contributed by atoms with Crippen LogP contribution in [-0.4, -0.2) is 16.1 Å². The molecule has 0 saturated heterocycles. The van der Waals surface area contributed by atoms with Gasteiger partial charge in [-0.2, -0.15) is 0 Å². The van der Waals surface area contributed by atoms with Crippen LogP contribution in [0, 0.1) is 12.3 Å². The minimum absolute atomic E-state index is 0.252. The van der Waals surface area contributed by atoms with Crippen LogP contribution in [0.1, 0.15) is 34.8 Å². The van der Waals surface area contributed by atoms with Crippen LogP contribution < -0.4 is 5.32 Å². The van der Waals surface area contributed by atoms with E-state index in [1.807, 2.05) is 18.2 Å². The highest BCUT2D eigenvalue weighted by Gasteiger charge is 2.18. The van der Waals surface area contributed by atoms with Crippen LogP contribution in [0.15, 0.2) is 52.9 Å². The summed E-state index contributed by atoms with van der Waals surface area (Å²) >= 11 is 5.82. The predicted molar refractivity (Wildman–Crippen MR) is 95.0 cm³/mol. The van der Waals surface area contributed by atoms with E-state index in [9.17, 15) is 4.79 Å². The van der Waals surface area contributed by atoms with Gasteiger partial charge in [-0.25, -0.2) is 0 Å². The van der Waals surface area contributed by atoms with E-state index < -0.39 is 6.04 Å². The van der Waals surface area contributed by atoms with E-state index in [0.717, 1.165) is 11.1 Å². The molecule has 1 atom stereocenters. The zero-order valence-corrected chi connectivity index (χ0v) is 14.1. The standard InChI is InChI=1S/C19H14ClN3O2/c1-3-13-5-4-6-15(11-13)19-23-22-18(25-19)12(2)21-17(24)14-7-9-16(20)10-8-14/h1,4-12H,2H3,(H,21,24)/t12-/m0/s1. The molecule has 1 heterocycles. The van der Waals surface area contributed by atoms with Gasteiger partial charge < -0.3 is 9.73 Å². The maximum Gasteiger partial charge on any atom is 0.251 e. The molecule has 3 aromatic rings. The first-order valence-corrected chi connectivity index (χ1v) is 7.91. The lowest BCUT2D eigenvalue weighted by Gasteiger charge is -2.09. The average molecular weight is 352 g/mol. The molecule has 0 saturated carbocycles. The summed E-state index contributed by atoms with van der Waals surface area (Å²) in [4.78, 5) is 12.2. The van der Waals surface area contributed by atoms with Crippen molar-refractivity contribution < 1.29 is 9.21 Å². The van der Waals surface area contributed by atoms with Crippen molar-refractivity contribution >= 4 is 17.5 Å². The summed E-state index contributed by atoms with van der Waals surface area (Å²) in [6, 6.07) is 13.4. The van der Waals surface area contributed by atoms with Crippen LogP contribution in [0.2, 0.25) is 5.02 Å². The highest BCUT2D eigenvalue weighted by Crippen LogP contribution is 2.21. The molecule has 0 aliphatic rings. The minimum atomic E-state index is -0.444. The Bertz CT molecular complexity index is 942. The molecule has 6 heteroatoms. The molecule has 0 unspecified atom stereocenters. The Kier molecular flexibility index (Phi) is 4.82. The summed E-state index contributed by atoms with van der Waals surface area (Å²) in [5.74, 6) is 2.96. The third kappa shape index (κ3) is 3.87. The lowest BCUT2D eigenvalue weighted by atomic mass is 10.1. The first-order valence-electron chi connectivity index (χ1n) is 7.53. The van der Waals surface area contributed by atoms with Crippen molar-refractivity contribution in [2.45, 2.75) is 13.0 Å². The van der Waals surface area contributed by atoms with Gasteiger partial charge in [0.05, 0.1) is 0 Å². The molecule has 0 aliphatic heterocycles. The van der Waals surface area contributed by atoms with Crippen molar-refractivity contribution in [2.24, 2.45) is 0 Å². The zero-order chi connectivity index (χ0) is 17.8. The second-order valence-corrected chi connectivity index (χ2v) is 5.81. The SMILES string of the molecule is C#Cc1cccc(-c2nnc([C@H](C)NC(=O)c3ccc(Cl)cc3)o2)c1. The van der Waals surface area contributed by atoms with Crippen molar-refractivity contribution in [3.05, 3.63) is 70.6 Å². The number of aromatic nitrogens is 2. The molecule has 124 valence electrons. The van der Waals surface area contributed by atoms with Gasteiger partial charge in [-0.3, -0.25) is 4.79 Å². The molecule has 0 fully saturated rings. The summed E-state index contributed by atoms with van der Waals surface area (Å²) in [5.41, 5.74) is 1.95. The molecule has 0 spiro atoms. The number of carbonyl (C=O) groups excluding carboxylic acids is 1. The lowest BCUT2D eigenvalue weighted by Crippen LogP contribution is -2.26. The Balaban J connectivity index is 1.74. The molecule has 5 nitrogen and oxygen atoms in total. The van der Waals surface area contributed by atoms with Crippen LogP contribution in [0.3, 0.4) is 0 Å². The van der Waals surface area contributed by atoms with E-state index in [1.54, 1.807) is 37.3 Å². The fourth-order valence-electron chi connectivity index (χ4n) is 2.21. The van der Waals surface area contributed by atoms with Crippen molar-refractivity contribution in [1.29, 1.82) is 0 Å². The number of benzene rings is 2. The topological polar surface area (TPSA) is 68.0 Å². The normalized spacial score (nSPS) is 11.6. The molecule has 0 aliphatic carbocycles. The Hall–Kier alpha value is -3.10. The van der Waals surface area contributed by atoms with Crippen LogP contribution in [-0.2, 0) is 0 Å². The van der Waals surface area contributed by atoms with E-state index >= 15 is 0 Å². The Morgan fingerprint density at radius 2 is 2.00 bits per heavy atom. The van der Waals surface area contributed by atoms with E-state index in [4.69, 9.17) is 22.4 Å². The van der Waals surface area contributed by atoms with Gasteiger partial charge in [-0.15, -0.1) is 16.6 Å². The summed E-state index contributed by atoms with van der Waals surface area (Å²) in [6.45, 7) is 1.77. The quantitative estimate of drug-likeness (QED) is 0.725. The maximum absolute atomic E-state index is 12.2. The summed E-state index contributed by atoms with van der Waals surface area (Å²) in [6.07, 6.45) is 5.40. The molecule has 1 amide bonds. The molecule has 3 rings (SSSR count). The van der Waals surface area contributed by atoms with Crippen LogP contribution in [0.25, 0.3) is 11.5 Å². The van der Waals surface area contributed by atoms with E-state index in [0.29, 0.717) is 22.4 Å². The molecule has 0 bridgehead atoms. The van der Waals surface area contributed by atoms with Gasteiger partial charge in [0.1, 0.15) is 6.04 Å². The van der Waals surface area contributed by atoms with Gasteiger partial charge in [0.25, 0.3) is 5.91 Å². The second kappa shape index (κ2) is 7.20. The van der Waals surface area contributed by atoms with Crippen LogP contribution >= 0.6 is 11.6 Å². The highest BCUT2D eigenvalue weighted by atomic mass is 35.5. The number of hydrogen-bond acceptors (Lipinski definition) is 4.